The number of hydrogen-bond acceptors (Lipinski definition) is 2. The fourth-order valence-corrected chi connectivity index (χ4v) is 5.24. The average molecular weight is 506 g/mol. The Bertz CT molecular complexity index is 1600. The molecule has 2 aromatic heterocycles. The summed E-state index contributed by atoms with van der Waals surface area (Å²) in [5.74, 6) is 0.594. The minimum absolute atomic E-state index is 0.233. The highest BCUT2D eigenvalue weighted by Crippen LogP contribution is 2.39. The number of carbonyl (C=O) groups is 1. The van der Waals surface area contributed by atoms with Gasteiger partial charge in [0, 0.05) is 17.4 Å². The maximum atomic E-state index is 14.0. The summed E-state index contributed by atoms with van der Waals surface area (Å²) in [6.07, 6.45) is 2.72. The number of anilines is 1. The number of para-hydroxylation sites is 2. The Morgan fingerprint density at radius 3 is 2.45 bits per heavy atom. The van der Waals surface area contributed by atoms with Crippen LogP contribution in [0.5, 0.6) is 0 Å². The van der Waals surface area contributed by atoms with Gasteiger partial charge in [-0.2, -0.15) is 5.10 Å². The quantitative estimate of drug-likeness (QED) is 0.292. The third-order valence-electron chi connectivity index (χ3n) is 7.14. The van der Waals surface area contributed by atoms with E-state index < -0.39 is 6.04 Å². The Kier molecular flexibility index (Phi) is 6.04. The van der Waals surface area contributed by atoms with Crippen molar-refractivity contribution >= 4 is 11.7 Å². The van der Waals surface area contributed by atoms with Gasteiger partial charge in [-0.25, -0.2) is 13.9 Å². The van der Waals surface area contributed by atoms with E-state index in [2.05, 4.69) is 16.8 Å². The average Bonchev–Trinajstić information content (AvgIpc) is 3.52. The number of rotatable bonds is 4. The normalized spacial score (nSPS) is 14.5. The maximum Gasteiger partial charge on any atom is 0.322 e. The molecule has 5 aromatic rings. The number of fused-ring (bicyclic) bond motifs is 3. The van der Waals surface area contributed by atoms with Crippen molar-refractivity contribution in [2.24, 2.45) is 0 Å². The molecule has 3 aromatic carbocycles. The van der Waals surface area contributed by atoms with Crippen LogP contribution in [0.1, 0.15) is 41.0 Å². The molecule has 0 fully saturated rings. The molecule has 0 unspecified atom stereocenters. The van der Waals surface area contributed by atoms with Gasteiger partial charge in [0.05, 0.1) is 29.7 Å². The second kappa shape index (κ2) is 9.67. The lowest BCUT2D eigenvalue weighted by Crippen LogP contribution is -2.38. The summed E-state index contributed by atoms with van der Waals surface area (Å²) < 4.78 is 18.0. The van der Waals surface area contributed by atoms with Crippen LogP contribution in [-0.2, 0) is 13.0 Å². The Morgan fingerprint density at radius 2 is 1.71 bits per heavy atom. The van der Waals surface area contributed by atoms with Gasteiger partial charge >= 0.3 is 6.03 Å². The number of nitrogens with zero attached hydrogens (tertiary/aromatic N) is 4. The predicted octanol–water partition coefficient (Wildman–Crippen LogP) is 6.81. The van der Waals surface area contributed by atoms with E-state index in [9.17, 15) is 9.18 Å². The van der Waals surface area contributed by atoms with Gasteiger partial charge in [0.25, 0.3) is 0 Å². The molecule has 0 aliphatic carbocycles. The van der Waals surface area contributed by atoms with E-state index in [1.165, 1.54) is 12.1 Å². The van der Waals surface area contributed by atoms with Crippen molar-refractivity contribution in [3.63, 3.8) is 0 Å². The molecule has 6 rings (SSSR count). The van der Waals surface area contributed by atoms with Gasteiger partial charge in [0.2, 0.25) is 0 Å². The Balaban J connectivity index is 1.56. The van der Waals surface area contributed by atoms with Crippen LogP contribution in [0.25, 0.3) is 11.5 Å². The standard InChI is InChI=1S/C31H28FN5O/c1-3-26-25-20-36(31(38)33-27-13-8-7-10-21(27)2)29(22-15-17-23(32)18-16-22)28-14-9-19-35(28)30(25)37(34-26)24-11-5-4-6-12-24/h4-19,29H,3,20H2,1-2H3,(H,33,38)/t29-/m0/s1. The van der Waals surface area contributed by atoms with Gasteiger partial charge < -0.3 is 14.8 Å². The van der Waals surface area contributed by atoms with Crippen molar-refractivity contribution in [3.05, 3.63) is 131 Å². The molecule has 7 heteroatoms. The first kappa shape index (κ1) is 23.7. The molecule has 0 spiro atoms. The number of benzene rings is 3. The number of nitrogens with one attached hydrogen (secondary N) is 1. The van der Waals surface area contributed by atoms with Crippen molar-refractivity contribution in [2.75, 3.05) is 5.32 Å². The summed E-state index contributed by atoms with van der Waals surface area (Å²) in [4.78, 5) is 15.9. The number of carbonyl (C=O) groups excluding carboxylic acids is 1. The van der Waals surface area contributed by atoms with E-state index in [1.807, 2.05) is 89.4 Å². The van der Waals surface area contributed by atoms with Crippen molar-refractivity contribution in [2.45, 2.75) is 32.9 Å². The highest BCUT2D eigenvalue weighted by molar-refractivity contribution is 5.91. The third-order valence-corrected chi connectivity index (χ3v) is 7.14. The Labute approximate surface area is 221 Å². The molecule has 0 radical (unpaired) electrons. The molecule has 1 atom stereocenters. The van der Waals surface area contributed by atoms with Gasteiger partial charge in [-0.1, -0.05) is 55.5 Å². The van der Waals surface area contributed by atoms with Crippen LogP contribution in [0, 0.1) is 12.7 Å². The smallest absolute Gasteiger partial charge is 0.308 e. The Morgan fingerprint density at radius 1 is 0.974 bits per heavy atom. The van der Waals surface area contributed by atoms with E-state index in [1.54, 1.807) is 12.1 Å². The summed E-state index contributed by atoms with van der Waals surface area (Å²) in [5, 5.41) is 8.11. The molecule has 1 N–H and O–H groups in total. The second-order valence-corrected chi connectivity index (χ2v) is 9.48. The monoisotopic (exact) mass is 505 g/mol. The summed E-state index contributed by atoms with van der Waals surface area (Å²) in [6, 6.07) is 27.5. The summed E-state index contributed by atoms with van der Waals surface area (Å²) >= 11 is 0. The van der Waals surface area contributed by atoms with Gasteiger partial charge in [-0.15, -0.1) is 0 Å². The van der Waals surface area contributed by atoms with Crippen LogP contribution in [0.4, 0.5) is 14.9 Å². The van der Waals surface area contributed by atoms with Gasteiger partial charge in [0.15, 0.2) is 0 Å². The zero-order chi connectivity index (χ0) is 26.2. The summed E-state index contributed by atoms with van der Waals surface area (Å²) in [7, 11) is 0. The highest BCUT2D eigenvalue weighted by Gasteiger charge is 2.36. The first-order valence-corrected chi connectivity index (χ1v) is 12.8. The molecular weight excluding hydrogens is 477 g/mol. The number of aromatic nitrogens is 3. The van der Waals surface area contributed by atoms with Crippen molar-refractivity contribution in [1.82, 2.24) is 19.2 Å². The molecule has 0 saturated heterocycles. The van der Waals surface area contributed by atoms with Crippen molar-refractivity contribution in [1.29, 1.82) is 0 Å². The molecular formula is C31H28FN5O. The van der Waals surface area contributed by atoms with Gasteiger partial charge in [0.1, 0.15) is 11.6 Å². The number of urea groups is 1. The number of hydrogen-bond donors (Lipinski definition) is 1. The first-order valence-electron chi connectivity index (χ1n) is 12.8. The van der Waals surface area contributed by atoms with E-state index in [-0.39, 0.29) is 11.8 Å². The van der Waals surface area contributed by atoms with Crippen LogP contribution in [0.15, 0.2) is 97.2 Å². The van der Waals surface area contributed by atoms with E-state index in [0.29, 0.717) is 13.0 Å². The first-order chi connectivity index (χ1) is 18.5. The van der Waals surface area contributed by atoms with Crippen molar-refractivity contribution < 1.29 is 9.18 Å². The molecule has 0 saturated carbocycles. The number of halogens is 1. The number of amides is 2. The van der Waals surface area contributed by atoms with Gasteiger partial charge in [-0.3, -0.25) is 0 Å². The minimum atomic E-state index is -0.448. The van der Waals surface area contributed by atoms with Crippen LogP contribution < -0.4 is 5.32 Å². The lowest BCUT2D eigenvalue weighted by atomic mass is 10.0. The van der Waals surface area contributed by atoms with Gasteiger partial charge in [-0.05, 0) is 66.9 Å². The molecule has 3 heterocycles. The Hall–Kier alpha value is -4.65. The lowest BCUT2D eigenvalue weighted by Gasteiger charge is -2.31. The maximum absolute atomic E-state index is 14.0. The largest absolute Gasteiger partial charge is 0.322 e. The fourth-order valence-electron chi connectivity index (χ4n) is 5.24. The molecule has 0 bridgehead atoms. The fraction of sp³-hybridized carbons (Fsp3) is 0.161. The summed E-state index contributed by atoms with van der Waals surface area (Å²) in [6.45, 7) is 4.39. The predicted molar refractivity (Wildman–Crippen MR) is 146 cm³/mol. The molecule has 1 aliphatic rings. The van der Waals surface area contributed by atoms with Crippen molar-refractivity contribution in [3.8, 4) is 11.5 Å². The molecule has 38 heavy (non-hydrogen) atoms. The zero-order valence-electron chi connectivity index (χ0n) is 21.3. The number of aryl methyl sites for hydroxylation is 2. The highest BCUT2D eigenvalue weighted by atomic mass is 19.1. The molecule has 2 amide bonds. The van der Waals surface area contributed by atoms with E-state index in [0.717, 1.165) is 45.3 Å². The third kappa shape index (κ3) is 4.06. The van der Waals surface area contributed by atoms with E-state index >= 15 is 0 Å². The topological polar surface area (TPSA) is 55.1 Å². The SMILES string of the molecule is CCc1nn(-c2ccccc2)c2c1CN(C(=O)Nc1ccccc1C)[C@@H](c1ccc(F)cc1)c1cccn1-2. The molecule has 1 aliphatic heterocycles. The van der Waals surface area contributed by atoms with Crippen LogP contribution in [-0.4, -0.2) is 25.3 Å². The van der Waals surface area contributed by atoms with Crippen LogP contribution >= 0.6 is 0 Å². The lowest BCUT2D eigenvalue weighted by molar-refractivity contribution is 0.194. The summed E-state index contributed by atoms with van der Waals surface area (Å²) in [5.41, 5.74) is 6.31. The van der Waals surface area contributed by atoms with E-state index in [4.69, 9.17) is 5.10 Å². The minimum Gasteiger partial charge on any atom is -0.308 e. The zero-order valence-corrected chi connectivity index (χ0v) is 21.3. The van der Waals surface area contributed by atoms with Crippen LogP contribution in [0.2, 0.25) is 0 Å². The second-order valence-electron chi connectivity index (χ2n) is 9.48. The molecule has 190 valence electrons. The van der Waals surface area contributed by atoms with Crippen LogP contribution in [0.3, 0.4) is 0 Å². The molecule has 6 nitrogen and oxygen atoms in total.